The van der Waals surface area contributed by atoms with Gasteiger partial charge in [-0.15, -0.1) is 11.3 Å². The van der Waals surface area contributed by atoms with Crippen molar-refractivity contribution in [2.75, 3.05) is 13.1 Å². The lowest BCUT2D eigenvalue weighted by molar-refractivity contribution is -0.126. The molecule has 2 aromatic heterocycles. The highest BCUT2D eigenvalue weighted by atomic mass is 32.1. The molecule has 1 aliphatic heterocycles. The van der Waals surface area contributed by atoms with Crippen molar-refractivity contribution in [2.24, 2.45) is 5.92 Å². The molecule has 23 heavy (non-hydrogen) atoms. The van der Waals surface area contributed by atoms with E-state index in [1.165, 1.54) is 6.26 Å². The highest BCUT2D eigenvalue weighted by Crippen LogP contribution is 2.22. The number of nitrogens with one attached hydrogen (secondary N) is 1. The number of furan rings is 1. The molecule has 1 atom stereocenters. The van der Waals surface area contributed by atoms with E-state index in [9.17, 15) is 9.59 Å². The topological polar surface area (TPSA) is 62.6 Å². The van der Waals surface area contributed by atoms with Gasteiger partial charge in [0.2, 0.25) is 5.91 Å². The summed E-state index contributed by atoms with van der Waals surface area (Å²) in [6, 6.07) is 7.43. The second kappa shape index (κ2) is 7.00. The van der Waals surface area contributed by atoms with E-state index in [-0.39, 0.29) is 23.8 Å². The lowest BCUT2D eigenvalue weighted by atomic mass is 9.95. The highest BCUT2D eigenvalue weighted by molar-refractivity contribution is 7.10. The Kier molecular flexibility index (Phi) is 4.81. The van der Waals surface area contributed by atoms with Crippen LogP contribution in [0.1, 0.15) is 41.2 Å². The second-order valence-corrected chi connectivity index (χ2v) is 6.77. The Morgan fingerprint density at radius 1 is 1.30 bits per heavy atom. The van der Waals surface area contributed by atoms with E-state index in [4.69, 9.17) is 4.42 Å². The SMILES string of the molecule is C[C@@H](NC(=O)C1CCN(C(=O)c2ccco2)CC1)c1cccs1. The molecule has 0 bridgehead atoms. The summed E-state index contributed by atoms with van der Waals surface area (Å²) in [4.78, 5) is 27.5. The molecular formula is C17H20N2O3S. The average molecular weight is 332 g/mol. The predicted molar refractivity (Wildman–Crippen MR) is 88.2 cm³/mol. The summed E-state index contributed by atoms with van der Waals surface area (Å²) >= 11 is 1.64. The van der Waals surface area contributed by atoms with E-state index in [2.05, 4.69) is 5.32 Å². The van der Waals surface area contributed by atoms with Gasteiger partial charge in [0.25, 0.3) is 5.91 Å². The van der Waals surface area contributed by atoms with Crippen LogP contribution in [0, 0.1) is 5.92 Å². The van der Waals surface area contributed by atoms with E-state index < -0.39 is 0 Å². The van der Waals surface area contributed by atoms with Gasteiger partial charge in [-0.25, -0.2) is 0 Å². The van der Waals surface area contributed by atoms with E-state index in [1.54, 1.807) is 28.4 Å². The third-order valence-corrected chi connectivity index (χ3v) is 5.27. The number of thiophene rings is 1. The zero-order valence-electron chi connectivity index (χ0n) is 13.0. The van der Waals surface area contributed by atoms with Gasteiger partial charge in [0, 0.05) is 23.9 Å². The molecule has 1 saturated heterocycles. The van der Waals surface area contributed by atoms with Crippen molar-refractivity contribution in [3.63, 3.8) is 0 Å². The Bertz CT molecular complexity index is 643. The predicted octanol–water partition coefficient (Wildman–Crippen LogP) is 3.07. The van der Waals surface area contributed by atoms with Gasteiger partial charge in [0.05, 0.1) is 12.3 Å². The minimum absolute atomic E-state index is 0.0296. The van der Waals surface area contributed by atoms with Crippen molar-refractivity contribution in [2.45, 2.75) is 25.8 Å². The number of nitrogens with zero attached hydrogens (tertiary/aromatic N) is 1. The van der Waals surface area contributed by atoms with Gasteiger partial charge in [-0.3, -0.25) is 9.59 Å². The number of amides is 2. The van der Waals surface area contributed by atoms with Crippen LogP contribution in [0.2, 0.25) is 0 Å². The number of rotatable bonds is 4. The number of hydrogen-bond donors (Lipinski definition) is 1. The van der Waals surface area contributed by atoms with Crippen LogP contribution in [0.25, 0.3) is 0 Å². The molecule has 0 unspecified atom stereocenters. The Morgan fingerprint density at radius 3 is 2.70 bits per heavy atom. The summed E-state index contributed by atoms with van der Waals surface area (Å²) < 4.78 is 5.15. The van der Waals surface area contributed by atoms with Crippen LogP contribution in [0.3, 0.4) is 0 Å². The highest BCUT2D eigenvalue weighted by Gasteiger charge is 2.29. The average Bonchev–Trinajstić information content (AvgIpc) is 3.27. The molecular weight excluding hydrogens is 312 g/mol. The number of carbonyl (C=O) groups excluding carboxylic acids is 2. The molecule has 0 radical (unpaired) electrons. The molecule has 1 aliphatic rings. The van der Waals surface area contributed by atoms with Crippen LogP contribution in [0.5, 0.6) is 0 Å². The van der Waals surface area contributed by atoms with E-state index >= 15 is 0 Å². The van der Waals surface area contributed by atoms with Crippen LogP contribution in [0.15, 0.2) is 40.3 Å². The molecule has 0 aromatic carbocycles. The van der Waals surface area contributed by atoms with Crippen molar-refractivity contribution >= 4 is 23.2 Å². The quantitative estimate of drug-likeness (QED) is 0.936. The number of piperidine rings is 1. The first-order valence-corrected chi connectivity index (χ1v) is 8.69. The Morgan fingerprint density at radius 2 is 2.09 bits per heavy atom. The Hall–Kier alpha value is -2.08. The normalized spacial score (nSPS) is 17.0. The zero-order valence-corrected chi connectivity index (χ0v) is 13.8. The lowest BCUT2D eigenvalue weighted by Gasteiger charge is -2.31. The van der Waals surface area contributed by atoms with Crippen molar-refractivity contribution in [1.82, 2.24) is 10.2 Å². The van der Waals surface area contributed by atoms with E-state index in [0.717, 1.165) is 4.88 Å². The van der Waals surface area contributed by atoms with Crippen LogP contribution in [0.4, 0.5) is 0 Å². The molecule has 3 heterocycles. The Balaban J connectivity index is 1.50. The second-order valence-electron chi connectivity index (χ2n) is 5.79. The van der Waals surface area contributed by atoms with Crippen LogP contribution >= 0.6 is 11.3 Å². The summed E-state index contributed by atoms with van der Waals surface area (Å²) in [5, 5.41) is 5.08. The molecule has 6 heteroatoms. The molecule has 2 amide bonds. The van der Waals surface area contributed by atoms with E-state index in [1.807, 2.05) is 24.4 Å². The molecule has 3 rings (SSSR count). The lowest BCUT2D eigenvalue weighted by Crippen LogP contribution is -2.43. The molecule has 5 nitrogen and oxygen atoms in total. The van der Waals surface area contributed by atoms with E-state index in [0.29, 0.717) is 31.7 Å². The zero-order chi connectivity index (χ0) is 16.2. The van der Waals surface area contributed by atoms with Crippen LogP contribution < -0.4 is 5.32 Å². The van der Waals surface area contributed by atoms with Gasteiger partial charge >= 0.3 is 0 Å². The number of hydrogen-bond acceptors (Lipinski definition) is 4. The molecule has 1 N–H and O–H groups in total. The fraction of sp³-hybridized carbons (Fsp3) is 0.412. The van der Waals surface area contributed by atoms with Gasteiger partial charge in [-0.1, -0.05) is 6.07 Å². The van der Waals surface area contributed by atoms with Gasteiger partial charge in [0.1, 0.15) is 0 Å². The fourth-order valence-corrected chi connectivity index (χ4v) is 3.58. The smallest absolute Gasteiger partial charge is 0.289 e. The van der Waals surface area contributed by atoms with Crippen molar-refractivity contribution in [1.29, 1.82) is 0 Å². The first-order chi connectivity index (χ1) is 11.1. The van der Waals surface area contributed by atoms with Crippen molar-refractivity contribution < 1.29 is 14.0 Å². The minimum Gasteiger partial charge on any atom is -0.459 e. The third kappa shape index (κ3) is 3.64. The minimum atomic E-state index is -0.0965. The van der Waals surface area contributed by atoms with Crippen LogP contribution in [-0.4, -0.2) is 29.8 Å². The number of carbonyl (C=O) groups is 2. The molecule has 1 fully saturated rings. The van der Waals surface area contributed by atoms with Crippen molar-refractivity contribution in [3.05, 3.63) is 46.5 Å². The molecule has 122 valence electrons. The molecule has 2 aromatic rings. The molecule has 0 saturated carbocycles. The maximum absolute atomic E-state index is 12.4. The summed E-state index contributed by atoms with van der Waals surface area (Å²) in [6.07, 6.45) is 2.88. The van der Waals surface area contributed by atoms with Gasteiger partial charge in [-0.05, 0) is 43.3 Å². The Labute approximate surface area is 139 Å². The van der Waals surface area contributed by atoms with Gasteiger partial charge < -0.3 is 14.6 Å². The van der Waals surface area contributed by atoms with Gasteiger partial charge in [0.15, 0.2) is 5.76 Å². The fourth-order valence-electron chi connectivity index (χ4n) is 2.84. The summed E-state index contributed by atoms with van der Waals surface area (Å²) in [7, 11) is 0. The largest absolute Gasteiger partial charge is 0.459 e. The maximum atomic E-state index is 12.4. The summed E-state index contributed by atoms with van der Waals surface area (Å²) in [5.74, 6) is 0.314. The summed E-state index contributed by atoms with van der Waals surface area (Å²) in [5.41, 5.74) is 0. The number of likely N-dealkylation sites (tertiary alicyclic amines) is 1. The maximum Gasteiger partial charge on any atom is 0.289 e. The van der Waals surface area contributed by atoms with Crippen molar-refractivity contribution in [3.8, 4) is 0 Å². The molecule has 0 spiro atoms. The third-order valence-electron chi connectivity index (χ3n) is 4.21. The first-order valence-electron chi connectivity index (χ1n) is 7.81. The van der Waals surface area contributed by atoms with Crippen LogP contribution in [-0.2, 0) is 4.79 Å². The molecule has 0 aliphatic carbocycles. The standard InChI is InChI=1S/C17H20N2O3S/c1-12(15-5-3-11-23-15)18-16(20)13-6-8-19(9-7-13)17(21)14-4-2-10-22-14/h2-5,10-13H,6-9H2,1H3,(H,18,20)/t12-/m1/s1. The summed E-state index contributed by atoms with van der Waals surface area (Å²) in [6.45, 7) is 3.18. The van der Waals surface area contributed by atoms with Gasteiger partial charge in [-0.2, -0.15) is 0 Å². The first kappa shape index (κ1) is 15.8. The monoisotopic (exact) mass is 332 g/mol.